The molecule has 2 aromatic rings. The Morgan fingerprint density at radius 1 is 1.12 bits per heavy atom. The van der Waals surface area contributed by atoms with Crippen molar-refractivity contribution in [3.05, 3.63) is 51.6 Å². The van der Waals surface area contributed by atoms with E-state index in [-0.39, 0.29) is 10.6 Å². The molecule has 1 heterocycles. The van der Waals surface area contributed by atoms with E-state index in [0.717, 1.165) is 23.9 Å². The molecule has 2 aromatic carbocycles. The van der Waals surface area contributed by atoms with Gasteiger partial charge < -0.3 is 5.32 Å². The molecule has 1 aliphatic heterocycles. The summed E-state index contributed by atoms with van der Waals surface area (Å²) in [6.07, 6.45) is 0. The average molecular weight is 214 g/mol. The Morgan fingerprint density at radius 3 is 2.81 bits per heavy atom. The Kier molecular flexibility index (Phi) is 1.91. The van der Waals surface area contributed by atoms with Crippen LogP contribution in [0.1, 0.15) is 11.1 Å². The van der Waals surface area contributed by atoms with E-state index < -0.39 is 0 Å². The lowest BCUT2D eigenvalue weighted by Gasteiger charge is -2.04. The quantitative estimate of drug-likeness (QED) is 0.585. The molecule has 0 bridgehead atoms. The van der Waals surface area contributed by atoms with Crippen LogP contribution in [-0.2, 0) is 13.1 Å². The topological polar surface area (TPSA) is 55.2 Å². The molecule has 0 unspecified atom stereocenters. The van der Waals surface area contributed by atoms with Crippen molar-refractivity contribution < 1.29 is 4.92 Å². The van der Waals surface area contributed by atoms with Crippen LogP contribution in [0, 0.1) is 10.1 Å². The van der Waals surface area contributed by atoms with Crippen LogP contribution >= 0.6 is 0 Å². The second kappa shape index (κ2) is 3.28. The SMILES string of the molecule is O=[N+]([O-])c1cccc2c3c(ccc12)CNC3. The molecule has 0 saturated carbocycles. The third-order valence-corrected chi connectivity index (χ3v) is 3.06. The first kappa shape index (κ1) is 9.30. The number of rotatable bonds is 1. The molecule has 0 saturated heterocycles. The van der Waals surface area contributed by atoms with Gasteiger partial charge in [0.2, 0.25) is 0 Å². The van der Waals surface area contributed by atoms with Gasteiger partial charge in [-0.2, -0.15) is 0 Å². The monoisotopic (exact) mass is 214 g/mol. The average Bonchev–Trinajstić information content (AvgIpc) is 2.76. The molecule has 0 amide bonds. The normalized spacial score (nSPS) is 14.0. The number of hydrogen-bond donors (Lipinski definition) is 1. The van der Waals surface area contributed by atoms with E-state index in [9.17, 15) is 10.1 Å². The van der Waals surface area contributed by atoms with Crippen molar-refractivity contribution >= 4 is 16.5 Å². The van der Waals surface area contributed by atoms with Gasteiger partial charge in [-0.05, 0) is 22.6 Å². The molecule has 3 rings (SSSR count). The molecule has 16 heavy (non-hydrogen) atoms. The van der Waals surface area contributed by atoms with Gasteiger partial charge in [0.25, 0.3) is 5.69 Å². The zero-order chi connectivity index (χ0) is 11.1. The smallest absolute Gasteiger partial charge is 0.277 e. The highest BCUT2D eigenvalue weighted by Gasteiger charge is 2.17. The molecule has 0 atom stereocenters. The van der Waals surface area contributed by atoms with Crippen molar-refractivity contribution in [1.82, 2.24) is 5.32 Å². The van der Waals surface area contributed by atoms with Gasteiger partial charge in [-0.3, -0.25) is 10.1 Å². The van der Waals surface area contributed by atoms with Crippen LogP contribution in [0.25, 0.3) is 10.8 Å². The zero-order valence-electron chi connectivity index (χ0n) is 8.56. The molecule has 0 spiro atoms. The second-order valence-corrected chi connectivity index (χ2v) is 3.94. The minimum absolute atomic E-state index is 0.187. The zero-order valence-corrected chi connectivity index (χ0v) is 8.56. The summed E-state index contributed by atoms with van der Waals surface area (Å²) in [5.74, 6) is 0. The van der Waals surface area contributed by atoms with Crippen LogP contribution in [0.15, 0.2) is 30.3 Å². The Balaban J connectivity index is 2.39. The largest absolute Gasteiger partial charge is 0.309 e. The molecule has 0 fully saturated rings. The number of nitrogens with zero attached hydrogens (tertiary/aromatic N) is 1. The Hall–Kier alpha value is -1.94. The van der Waals surface area contributed by atoms with E-state index in [1.807, 2.05) is 18.2 Å². The molecule has 0 aliphatic carbocycles. The lowest BCUT2D eigenvalue weighted by Crippen LogP contribution is -2.00. The van der Waals surface area contributed by atoms with E-state index in [0.29, 0.717) is 0 Å². The highest BCUT2D eigenvalue weighted by molar-refractivity contribution is 5.94. The summed E-state index contributed by atoms with van der Waals surface area (Å²) in [6, 6.07) is 9.08. The van der Waals surface area contributed by atoms with Gasteiger partial charge in [-0.15, -0.1) is 0 Å². The number of nitro benzene ring substituents is 1. The number of nitrogens with one attached hydrogen (secondary N) is 1. The van der Waals surface area contributed by atoms with E-state index in [2.05, 4.69) is 5.32 Å². The maximum atomic E-state index is 10.9. The van der Waals surface area contributed by atoms with Crippen molar-refractivity contribution in [2.45, 2.75) is 13.1 Å². The third-order valence-electron chi connectivity index (χ3n) is 3.06. The molecular formula is C12H10N2O2. The van der Waals surface area contributed by atoms with Crippen LogP contribution < -0.4 is 5.32 Å². The molecule has 80 valence electrons. The first-order valence-corrected chi connectivity index (χ1v) is 5.16. The van der Waals surface area contributed by atoms with Crippen molar-refractivity contribution in [1.29, 1.82) is 0 Å². The standard InChI is InChI=1S/C12H10N2O2/c15-14(16)12-3-1-2-9-10(12)5-4-8-6-13-7-11(8)9/h1-5,13H,6-7H2. The summed E-state index contributed by atoms with van der Waals surface area (Å²) in [7, 11) is 0. The fourth-order valence-corrected chi connectivity index (χ4v) is 2.30. The molecule has 1 aliphatic rings. The Bertz CT molecular complexity index is 593. The van der Waals surface area contributed by atoms with E-state index >= 15 is 0 Å². The van der Waals surface area contributed by atoms with Crippen LogP contribution in [0.2, 0.25) is 0 Å². The maximum absolute atomic E-state index is 10.9. The first-order valence-electron chi connectivity index (χ1n) is 5.16. The number of fused-ring (bicyclic) bond motifs is 3. The number of hydrogen-bond acceptors (Lipinski definition) is 3. The highest BCUT2D eigenvalue weighted by Crippen LogP contribution is 2.31. The van der Waals surface area contributed by atoms with Gasteiger partial charge in [0.1, 0.15) is 0 Å². The summed E-state index contributed by atoms with van der Waals surface area (Å²) >= 11 is 0. The number of nitro groups is 1. The summed E-state index contributed by atoms with van der Waals surface area (Å²) in [6.45, 7) is 1.65. The number of non-ortho nitro benzene ring substituents is 1. The predicted molar refractivity (Wildman–Crippen MR) is 61.1 cm³/mol. The van der Waals surface area contributed by atoms with Gasteiger partial charge in [-0.1, -0.05) is 18.2 Å². The van der Waals surface area contributed by atoms with Gasteiger partial charge in [0.15, 0.2) is 0 Å². The van der Waals surface area contributed by atoms with Crippen LogP contribution in [0.5, 0.6) is 0 Å². The Labute approximate surface area is 92.0 Å². The van der Waals surface area contributed by atoms with E-state index in [4.69, 9.17) is 0 Å². The summed E-state index contributed by atoms with van der Waals surface area (Å²) in [4.78, 5) is 10.6. The fraction of sp³-hybridized carbons (Fsp3) is 0.167. The third kappa shape index (κ3) is 1.20. The number of benzene rings is 2. The summed E-state index contributed by atoms with van der Waals surface area (Å²) in [5.41, 5.74) is 2.63. The molecule has 4 heteroatoms. The van der Waals surface area contributed by atoms with Gasteiger partial charge in [0.05, 0.1) is 10.3 Å². The molecular weight excluding hydrogens is 204 g/mol. The maximum Gasteiger partial charge on any atom is 0.277 e. The van der Waals surface area contributed by atoms with Gasteiger partial charge >= 0.3 is 0 Å². The highest BCUT2D eigenvalue weighted by atomic mass is 16.6. The van der Waals surface area contributed by atoms with Crippen molar-refractivity contribution in [3.8, 4) is 0 Å². The van der Waals surface area contributed by atoms with E-state index in [1.165, 1.54) is 11.1 Å². The van der Waals surface area contributed by atoms with Crippen molar-refractivity contribution in [3.63, 3.8) is 0 Å². The summed E-state index contributed by atoms with van der Waals surface area (Å²) < 4.78 is 0. The van der Waals surface area contributed by atoms with Crippen molar-refractivity contribution in [2.24, 2.45) is 0 Å². The van der Waals surface area contributed by atoms with Gasteiger partial charge in [-0.25, -0.2) is 0 Å². The van der Waals surface area contributed by atoms with Crippen LogP contribution in [0.3, 0.4) is 0 Å². The summed E-state index contributed by atoms with van der Waals surface area (Å²) in [5, 5.41) is 15.9. The molecule has 0 aromatic heterocycles. The lowest BCUT2D eigenvalue weighted by atomic mass is 10.00. The molecule has 4 nitrogen and oxygen atoms in total. The predicted octanol–water partition coefficient (Wildman–Crippen LogP) is 2.35. The molecule has 0 radical (unpaired) electrons. The first-order chi connectivity index (χ1) is 7.77. The minimum Gasteiger partial charge on any atom is -0.309 e. The van der Waals surface area contributed by atoms with E-state index in [1.54, 1.807) is 12.1 Å². The van der Waals surface area contributed by atoms with Crippen LogP contribution in [-0.4, -0.2) is 4.92 Å². The fourth-order valence-electron chi connectivity index (χ4n) is 2.30. The lowest BCUT2D eigenvalue weighted by molar-refractivity contribution is -0.383. The Morgan fingerprint density at radius 2 is 2.00 bits per heavy atom. The van der Waals surface area contributed by atoms with Crippen LogP contribution in [0.4, 0.5) is 5.69 Å². The van der Waals surface area contributed by atoms with Gasteiger partial charge in [0, 0.05) is 19.2 Å². The van der Waals surface area contributed by atoms with Crippen molar-refractivity contribution in [2.75, 3.05) is 0 Å². The minimum atomic E-state index is -0.322. The second-order valence-electron chi connectivity index (χ2n) is 3.94. The molecule has 1 N–H and O–H groups in total.